The number of rotatable bonds is 5. The lowest BCUT2D eigenvalue weighted by atomic mass is 10.2. The van der Waals surface area contributed by atoms with E-state index in [1.165, 1.54) is 10.4 Å². The second-order valence-electron chi connectivity index (χ2n) is 5.11. The summed E-state index contributed by atoms with van der Waals surface area (Å²) in [6, 6.07) is 8.50. The lowest BCUT2D eigenvalue weighted by Gasteiger charge is -2.17. The molecule has 1 aromatic carbocycles. The third-order valence-corrected chi connectivity index (χ3v) is 4.35. The van der Waals surface area contributed by atoms with E-state index < -0.39 is 0 Å². The van der Waals surface area contributed by atoms with E-state index in [1.807, 2.05) is 18.4 Å². The van der Waals surface area contributed by atoms with E-state index in [0.717, 1.165) is 0 Å². The zero-order valence-corrected chi connectivity index (χ0v) is 14.3. The molecule has 0 fully saturated rings. The number of anilines is 1. The van der Waals surface area contributed by atoms with Gasteiger partial charge in [0.25, 0.3) is 0 Å². The van der Waals surface area contributed by atoms with Crippen LogP contribution in [-0.2, 0) is 11.3 Å². The highest BCUT2D eigenvalue weighted by Crippen LogP contribution is 2.18. The van der Waals surface area contributed by atoms with Crippen LogP contribution >= 0.6 is 11.3 Å². The Balaban J connectivity index is 1.94. The van der Waals surface area contributed by atoms with Gasteiger partial charge in [0.2, 0.25) is 0 Å². The summed E-state index contributed by atoms with van der Waals surface area (Å²) in [7, 11) is 1.75. The molecule has 2 aromatic rings. The van der Waals surface area contributed by atoms with Gasteiger partial charge in [0.1, 0.15) is 0 Å². The molecule has 2 amide bonds. The number of hydrogen-bond acceptors (Lipinski definition) is 4. The number of aryl methyl sites for hydroxylation is 1. The predicted molar refractivity (Wildman–Crippen MR) is 91.9 cm³/mol. The fourth-order valence-corrected chi connectivity index (χ4v) is 2.93. The minimum Gasteiger partial charge on any atom is -0.462 e. The second kappa shape index (κ2) is 7.78. The van der Waals surface area contributed by atoms with E-state index in [-0.39, 0.29) is 12.0 Å². The highest BCUT2D eigenvalue weighted by atomic mass is 32.1. The number of thiophene rings is 1. The van der Waals surface area contributed by atoms with Crippen LogP contribution < -0.4 is 5.32 Å². The second-order valence-corrected chi connectivity index (χ2v) is 6.11. The first-order valence-electron chi connectivity index (χ1n) is 7.33. The quantitative estimate of drug-likeness (QED) is 0.845. The Labute approximate surface area is 139 Å². The van der Waals surface area contributed by atoms with Crippen LogP contribution in [0, 0.1) is 6.92 Å². The van der Waals surface area contributed by atoms with Gasteiger partial charge in [-0.05, 0) is 55.1 Å². The van der Waals surface area contributed by atoms with Crippen molar-refractivity contribution in [3.05, 3.63) is 51.7 Å². The number of carbonyl (C=O) groups excluding carboxylic acids is 2. The van der Waals surface area contributed by atoms with Gasteiger partial charge in [-0.2, -0.15) is 0 Å². The van der Waals surface area contributed by atoms with Crippen LogP contribution in [0.4, 0.5) is 10.5 Å². The molecule has 0 spiro atoms. The summed E-state index contributed by atoms with van der Waals surface area (Å²) >= 11 is 1.64. The molecule has 1 N–H and O–H groups in total. The Hall–Kier alpha value is -2.34. The fourth-order valence-electron chi connectivity index (χ4n) is 1.98. The molecule has 6 heteroatoms. The monoisotopic (exact) mass is 332 g/mol. The molecule has 0 saturated carbocycles. The van der Waals surface area contributed by atoms with Gasteiger partial charge >= 0.3 is 12.0 Å². The van der Waals surface area contributed by atoms with Gasteiger partial charge in [-0.15, -0.1) is 11.3 Å². The molecule has 1 heterocycles. The maximum absolute atomic E-state index is 12.2. The van der Waals surface area contributed by atoms with Gasteiger partial charge in [0.15, 0.2) is 0 Å². The van der Waals surface area contributed by atoms with Crippen molar-refractivity contribution in [1.82, 2.24) is 4.90 Å². The third kappa shape index (κ3) is 4.56. The van der Waals surface area contributed by atoms with E-state index in [9.17, 15) is 9.59 Å². The Bertz CT molecular complexity index is 679. The number of amides is 2. The van der Waals surface area contributed by atoms with Crippen molar-refractivity contribution in [1.29, 1.82) is 0 Å². The highest BCUT2D eigenvalue weighted by molar-refractivity contribution is 7.10. The summed E-state index contributed by atoms with van der Waals surface area (Å²) in [5.74, 6) is -0.365. The summed E-state index contributed by atoms with van der Waals surface area (Å²) in [6.45, 7) is 4.70. The van der Waals surface area contributed by atoms with Crippen LogP contribution in [0.3, 0.4) is 0 Å². The number of carbonyl (C=O) groups is 2. The van der Waals surface area contributed by atoms with Crippen LogP contribution in [0.25, 0.3) is 0 Å². The predicted octanol–water partition coefficient (Wildman–Crippen LogP) is 3.90. The van der Waals surface area contributed by atoms with Crippen molar-refractivity contribution in [2.75, 3.05) is 19.0 Å². The third-order valence-electron chi connectivity index (χ3n) is 3.34. The highest BCUT2D eigenvalue weighted by Gasteiger charge is 2.12. The van der Waals surface area contributed by atoms with Crippen molar-refractivity contribution in [2.24, 2.45) is 0 Å². The van der Waals surface area contributed by atoms with E-state index in [1.54, 1.807) is 54.5 Å². The van der Waals surface area contributed by atoms with E-state index in [4.69, 9.17) is 4.74 Å². The smallest absolute Gasteiger partial charge is 0.338 e. The molecule has 23 heavy (non-hydrogen) atoms. The first-order chi connectivity index (χ1) is 11.0. The zero-order valence-electron chi connectivity index (χ0n) is 13.5. The molecule has 0 bridgehead atoms. The molecule has 0 aliphatic carbocycles. The number of benzene rings is 1. The molecular weight excluding hydrogens is 312 g/mol. The largest absolute Gasteiger partial charge is 0.462 e. The number of nitrogens with zero attached hydrogens (tertiary/aromatic N) is 1. The van der Waals surface area contributed by atoms with Crippen LogP contribution in [0.1, 0.15) is 27.7 Å². The first-order valence-corrected chi connectivity index (χ1v) is 8.21. The van der Waals surface area contributed by atoms with E-state index >= 15 is 0 Å². The van der Waals surface area contributed by atoms with Gasteiger partial charge in [0, 0.05) is 17.6 Å². The standard InChI is InChI=1S/C17H20N2O3S/c1-4-22-16(20)13-5-7-14(8-6-13)18-17(21)19(3)11-15-12(2)9-10-23-15/h5-10H,4,11H2,1-3H3,(H,18,21). The average molecular weight is 332 g/mol. The number of ether oxygens (including phenoxy) is 1. The molecule has 2 rings (SSSR count). The topological polar surface area (TPSA) is 58.6 Å². The fraction of sp³-hybridized carbons (Fsp3) is 0.294. The van der Waals surface area contributed by atoms with Crippen LogP contribution in [0.5, 0.6) is 0 Å². The average Bonchev–Trinajstić information content (AvgIpc) is 2.93. The van der Waals surface area contributed by atoms with Crippen molar-refractivity contribution < 1.29 is 14.3 Å². The first kappa shape index (κ1) is 17.0. The lowest BCUT2D eigenvalue weighted by Crippen LogP contribution is -2.30. The molecule has 0 unspecified atom stereocenters. The van der Waals surface area contributed by atoms with Gasteiger partial charge in [-0.25, -0.2) is 9.59 Å². The van der Waals surface area contributed by atoms with Gasteiger partial charge in [-0.3, -0.25) is 0 Å². The molecule has 0 aliphatic heterocycles. The normalized spacial score (nSPS) is 10.2. The molecule has 122 valence electrons. The summed E-state index contributed by atoms with van der Waals surface area (Å²) in [5, 5.41) is 4.83. The van der Waals surface area contributed by atoms with Crippen molar-refractivity contribution in [3.63, 3.8) is 0 Å². The van der Waals surface area contributed by atoms with E-state index in [0.29, 0.717) is 24.4 Å². The Morgan fingerprint density at radius 1 is 1.22 bits per heavy atom. The maximum atomic E-state index is 12.2. The molecule has 0 saturated heterocycles. The summed E-state index contributed by atoms with van der Waals surface area (Å²) in [6.07, 6.45) is 0. The minimum atomic E-state index is -0.365. The Morgan fingerprint density at radius 2 is 1.91 bits per heavy atom. The molecule has 5 nitrogen and oxygen atoms in total. The summed E-state index contributed by atoms with van der Waals surface area (Å²) in [5.41, 5.74) is 2.29. The molecule has 0 aliphatic rings. The van der Waals surface area contributed by atoms with Crippen LogP contribution in [0.15, 0.2) is 35.7 Å². The lowest BCUT2D eigenvalue weighted by molar-refractivity contribution is 0.0526. The molecular formula is C17H20N2O3S. The summed E-state index contributed by atoms with van der Waals surface area (Å²) in [4.78, 5) is 26.6. The minimum absolute atomic E-state index is 0.193. The zero-order chi connectivity index (χ0) is 16.8. The van der Waals surface area contributed by atoms with Gasteiger partial charge in [0.05, 0.1) is 18.7 Å². The Kier molecular flexibility index (Phi) is 5.76. The van der Waals surface area contributed by atoms with Crippen molar-refractivity contribution in [3.8, 4) is 0 Å². The van der Waals surface area contributed by atoms with Crippen LogP contribution in [0.2, 0.25) is 0 Å². The SMILES string of the molecule is CCOC(=O)c1ccc(NC(=O)N(C)Cc2sccc2C)cc1. The maximum Gasteiger partial charge on any atom is 0.338 e. The molecule has 0 atom stereocenters. The van der Waals surface area contributed by atoms with Crippen molar-refractivity contribution in [2.45, 2.75) is 20.4 Å². The van der Waals surface area contributed by atoms with Crippen molar-refractivity contribution >= 4 is 29.0 Å². The van der Waals surface area contributed by atoms with Gasteiger partial charge in [-0.1, -0.05) is 0 Å². The molecule has 1 aromatic heterocycles. The van der Waals surface area contributed by atoms with E-state index in [2.05, 4.69) is 5.32 Å². The van der Waals surface area contributed by atoms with Crippen LogP contribution in [-0.4, -0.2) is 30.6 Å². The summed E-state index contributed by atoms with van der Waals surface area (Å²) < 4.78 is 4.92. The Morgan fingerprint density at radius 3 is 2.48 bits per heavy atom. The number of nitrogens with one attached hydrogen (secondary N) is 1. The molecule has 0 radical (unpaired) electrons. The van der Waals surface area contributed by atoms with Gasteiger partial charge < -0.3 is 15.0 Å². The number of urea groups is 1. The number of hydrogen-bond donors (Lipinski definition) is 1. The number of esters is 1.